The molecule has 13 heavy (non-hydrogen) atoms. The largest absolute Gasteiger partial charge is 0.329 e. The number of nitrogens with one attached hydrogen (secondary N) is 2. The molecule has 4 N–H and O–H groups in total. The fourth-order valence-electron chi connectivity index (χ4n) is 0.974. The molecule has 0 aliphatic carbocycles. The number of rotatable bonds is 4. The molecule has 0 radical (unpaired) electrons. The molecule has 0 aliphatic heterocycles. The zero-order valence-electron chi connectivity index (χ0n) is 7.71. The fraction of sp³-hybridized carbons (Fsp3) is 0.444. The van der Waals surface area contributed by atoms with Crippen molar-refractivity contribution in [2.45, 2.75) is 19.5 Å². The van der Waals surface area contributed by atoms with Gasteiger partial charge in [-0.05, 0) is 18.6 Å². The van der Waals surface area contributed by atoms with Gasteiger partial charge in [-0.2, -0.15) is 0 Å². The quantitative estimate of drug-likeness (QED) is 0.603. The van der Waals surface area contributed by atoms with Crippen LogP contribution >= 0.6 is 0 Å². The highest BCUT2D eigenvalue weighted by Crippen LogP contribution is 1.92. The Hall–Kier alpha value is -1.13. The van der Waals surface area contributed by atoms with E-state index in [0.29, 0.717) is 13.1 Å². The summed E-state index contributed by atoms with van der Waals surface area (Å²) in [6.45, 7) is 3.29. The standard InChI is InChI=1S/C9H15N3O/c1-7(5-10)12-6-8-2-3-11-9(13)4-8/h2-4,7,12H,5-6,10H2,1H3,(H,11,13)/t7-/m1/s1. The van der Waals surface area contributed by atoms with Gasteiger partial charge in [-0.15, -0.1) is 0 Å². The molecule has 4 heteroatoms. The van der Waals surface area contributed by atoms with E-state index in [1.54, 1.807) is 12.3 Å². The lowest BCUT2D eigenvalue weighted by atomic mass is 10.2. The van der Waals surface area contributed by atoms with Crippen LogP contribution in [-0.2, 0) is 6.54 Å². The van der Waals surface area contributed by atoms with Gasteiger partial charge in [0, 0.05) is 31.4 Å². The summed E-state index contributed by atoms with van der Waals surface area (Å²) in [5.41, 5.74) is 6.34. The second kappa shape index (κ2) is 4.79. The molecule has 1 rings (SSSR count). The maximum Gasteiger partial charge on any atom is 0.248 e. The van der Waals surface area contributed by atoms with Crippen LogP contribution < -0.4 is 16.6 Å². The average Bonchev–Trinajstić information content (AvgIpc) is 2.14. The predicted molar refractivity (Wildman–Crippen MR) is 52.4 cm³/mol. The van der Waals surface area contributed by atoms with Gasteiger partial charge in [0.25, 0.3) is 0 Å². The van der Waals surface area contributed by atoms with E-state index in [2.05, 4.69) is 10.3 Å². The summed E-state index contributed by atoms with van der Waals surface area (Å²) in [6, 6.07) is 3.73. The molecule has 4 nitrogen and oxygen atoms in total. The Morgan fingerprint density at radius 2 is 2.46 bits per heavy atom. The summed E-state index contributed by atoms with van der Waals surface area (Å²) in [4.78, 5) is 13.5. The first-order valence-electron chi connectivity index (χ1n) is 4.33. The highest BCUT2D eigenvalue weighted by atomic mass is 16.1. The van der Waals surface area contributed by atoms with Crippen LogP contribution in [0.5, 0.6) is 0 Å². The van der Waals surface area contributed by atoms with Crippen molar-refractivity contribution in [3.63, 3.8) is 0 Å². The van der Waals surface area contributed by atoms with Crippen molar-refractivity contribution in [2.24, 2.45) is 5.73 Å². The Bertz CT molecular complexity index is 308. The van der Waals surface area contributed by atoms with E-state index in [1.165, 1.54) is 0 Å². The molecule has 0 saturated carbocycles. The molecule has 1 atom stereocenters. The molecule has 0 saturated heterocycles. The minimum Gasteiger partial charge on any atom is -0.329 e. The Morgan fingerprint density at radius 3 is 3.08 bits per heavy atom. The van der Waals surface area contributed by atoms with Gasteiger partial charge in [0.15, 0.2) is 0 Å². The molecule has 1 heterocycles. The number of nitrogens with two attached hydrogens (primary N) is 1. The molecule has 0 amide bonds. The van der Waals surface area contributed by atoms with Crippen LogP contribution in [0.1, 0.15) is 12.5 Å². The van der Waals surface area contributed by atoms with Crippen molar-refractivity contribution in [3.8, 4) is 0 Å². The number of aromatic amines is 1. The molecule has 72 valence electrons. The van der Waals surface area contributed by atoms with Crippen LogP contribution in [0.2, 0.25) is 0 Å². The van der Waals surface area contributed by atoms with Crippen molar-refractivity contribution in [1.29, 1.82) is 0 Å². The molecule has 1 aromatic rings. The fourth-order valence-corrected chi connectivity index (χ4v) is 0.974. The van der Waals surface area contributed by atoms with Gasteiger partial charge in [0.05, 0.1) is 0 Å². The van der Waals surface area contributed by atoms with Gasteiger partial charge in [-0.25, -0.2) is 0 Å². The highest BCUT2D eigenvalue weighted by molar-refractivity contribution is 5.09. The molecule has 0 fully saturated rings. The predicted octanol–water partition coefficient (Wildman–Crippen LogP) is -0.188. The number of pyridine rings is 1. The van der Waals surface area contributed by atoms with E-state index in [-0.39, 0.29) is 11.6 Å². The summed E-state index contributed by atoms with van der Waals surface area (Å²) in [7, 11) is 0. The topological polar surface area (TPSA) is 70.9 Å². The van der Waals surface area contributed by atoms with E-state index in [4.69, 9.17) is 5.73 Å². The van der Waals surface area contributed by atoms with Crippen LogP contribution in [0.25, 0.3) is 0 Å². The van der Waals surface area contributed by atoms with E-state index >= 15 is 0 Å². The first kappa shape index (κ1) is 9.95. The van der Waals surface area contributed by atoms with Crippen LogP contribution in [-0.4, -0.2) is 17.6 Å². The van der Waals surface area contributed by atoms with Crippen LogP contribution in [0, 0.1) is 0 Å². The highest BCUT2D eigenvalue weighted by Gasteiger charge is 1.98. The average molecular weight is 181 g/mol. The van der Waals surface area contributed by atoms with Gasteiger partial charge >= 0.3 is 0 Å². The Kier molecular flexibility index (Phi) is 3.67. The first-order chi connectivity index (χ1) is 6.22. The van der Waals surface area contributed by atoms with Gasteiger partial charge < -0.3 is 16.0 Å². The summed E-state index contributed by atoms with van der Waals surface area (Å²) in [6.07, 6.45) is 1.65. The zero-order chi connectivity index (χ0) is 9.68. The minimum atomic E-state index is -0.0697. The van der Waals surface area contributed by atoms with Crippen LogP contribution in [0.4, 0.5) is 0 Å². The molecule has 0 aromatic carbocycles. The smallest absolute Gasteiger partial charge is 0.248 e. The van der Waals surface area contributed by atoms with E-state index in [1.807, 2.05) is 13.0 Å². The van der Waals surface area contributed by atoms with E-state index in [9.17, 15) is 4.79 Å². The van der Waals surface area contributed by atoms with Crippen molar-refractivity contribution in [2.75, 3.05) is 6.54 Å². The molecular weight excluding hydrogens is 166 g/mol. The zero-order valence-corrected chi connectivity index (χ0v) is 7.71. The third kappa shape index (κ3) is 3.40. The Morgan fingerprint density at radius 1 is 1.69 bits per heavy atom. The monoisotopic (exact) mass is 181 g/mol. The lowest BCUT2D eigenvalue weighted by molar-refractivity contribution is 0.556. The van der Waals surface area contributed by atoms with Gasteiger partial charge in [0.1, 0.15) is 0 Å². The third-order valence-corrected chi connectivity index (χ3v) is 1.85. The number of hydrogen-bond acceptors (Lipinski definition) is 3. The lowest BCUT2D eigenvalue weighted by Gasteiger charge is -2.10. The second-order valence-electron chi connectivity index (χ2n) is 3.08. The summed E-state index contributed by atoms with van der Waals surface area (Å²) >= 11 is 0. The van der Waals surface area contributed by atoms with Crippen molar-refractivity contribution >= 4 is 0 Å². The van der Waals surface area contributed by atoms with Crippen molar-refractivity contribution < 1.29 is 0 Å². The molecule has 0 aliphatic rings. The van der Waals surface area contributed by atoms with Crippen LogP contribution in [0.15, 0.2) is 23.1 Å². The maximum absolute atomic E-state index is 10.9. The van der Waals surface area contributed by atoms with E-state index in [0.717, 1.165) is 5.56 Å². The van der Waals surface area contributed by atoms with Crippen molar-refractivity contribution in [3.05, 3.63) is 34.2 Å². The van der Waals surface area contributed by atoms with Crippen molar-refractivity contribution in [1.82, 2.24) is 10.3 Å². The summed E-state index contributed by atoms with van der Waals surface area (Å²) in [5.74, 6) is 0. The van der Waals surface area contributed by atoms with Gasteiger partial charge in [-0.1, -0.05) is 0 Å². The summed E-state index contributed by atoms with van der Waals surface area (Å²) < 4.78 is 0. The summed E-state index contributed by atoms with van der Waals surface area (Å²) in [5, 5.41) is 3.20. The number of H-pyrrole nitrogens is 1. The normalized spacial score (nSPS) is 12.8. The molecule has 0 spiro atoms. The maximum atomic E-state index is 10.9. The third-order valence-electron chi connectivity index (χ3n) is 1.85. The SMILES string of the molecule is C[C@H](CN)NCc1cc[nH]c(=O)c1. The van der Waals surface area contributed by atoms with Gasteiger partial charge in [-0.3, -0.25) is 4.79 Å². The number of hydrogen-bond donors (Lipinski definition) is 3. The second-order valence-corrected chi connectivity index (χ2v) is 3.08. The number of aromatic nitrogens is 1. The molecular formula is C9H15N3O. The van der Waals surface area contributed by atoms with Gasteiger partial charge in [0.2, 0.25) is 5.56 Å². The minimum absolute atomic E-state index is 0.0697. The van der Waals surface area contributed by atoms with Crippen LogP contribution in [0.3, 0.4) is 0 Å². The molecule has 1 aromatic heterocycles. The Balaban J connectivity index is 2.50. The molecule has 0 bridgehead atoms. The molecule has 0 unspecified atom stereocenters. The van der Waals surface area contributed by atoms with E-state index < -0.39 is 0 Å². The Labute approximate surface area is 77.2 Å². The lowest BCUT2D eigenvalue weighted by Crippen LogP contribution is -2.32. The first-order valence-corrected chi connectivity index (χ1v) is 4.33.